The SMILES string of the molecule is Cc1ccoc1CNCC(C)(O)c1cnn(C)c1. The average molecular weight is 249 g/mol. The Kier molecular flexibility index (Phi) is 3.54. The standard InChI is InChI=1S/C13H19N3O2/c1-10-4-5-18-12(10)7-14-9-13(2,17)11-6-15-16(3)8-11/h4-6,8,14,17H,7,9H2,1-3H3. The number of nitrogens with zero attached hydrogens (tertiary/aromatic N) is 2. The molecule has 0 aliphatic heterocycles. The van der Waals surface area contributed by atoms with E-state index in [4.69, 9.17) is 4.42 Å². The van der Waals surface area contributed by atoms with Crippen LogP contribution in [0.2, 0.25) is 0 Å². The lowest BCUT2D eigenvalue weighted by atomic mass is 10.00. The molecule has 0 aliphatic rings. The molecule has 2 heterocycles. The molecule has 2 rings (SSSR count). The van der Waals surface area contributed by atoms with Crippen LogP contribution in [-0.4, -0.2) is 21.4 Å². The zero-order valence-electron chi connectivity index (χ0n) is 11.0. The van der Waals surface area contributed by atoms with Crippen molar-refractivity contribution >= 4 is 0 Å². The highest BCUT2D eigenvalue weighted by Crippen LogP contribution is 2.18. The van der Waals surface area contributed by atoms with Crippen molar-refractivity contribution in [2.75, 3.05) is 6.54 Å². The molecular weight excluding hydrogens is 230 g/mol. The van der Waals surface area contributed by atoms with Crippen molar-refractivity contribution in [2.45, 2.75) is 26.0 Å². The lowest BCUT2D eigenvalue weighted by Gasteiger charge is -2.22. The van der Waals surface area contributed by atoms with Gasteiger partial charge in [-0.2, -0.15) is 5.10 Å². The normalized spacial score (nSPS) is 14.7. The Morgan fingerprint density at radius 2 is 2.33 bits per heavy atom. The van der Waals surface area contributed by atoms with Crippen LogP contribution >= 0.6 is 0 Å². The number of aromatic nitrogens is 2. The second-order valence-electron chi connectivity index (χ2n) is 4.81. The van der Waals surface area contributed by atoms with Gasteiger partial charge in [-0.25, -0.2) is 0 Å². The largest absolute Gasteiger partial charge is 0.468 e. The molecular formula is C13H19N3O2. The minimum Gasteiger partial charge on any atom is -0.468 e. The Morgan fingerprint density at radius 1 is 1.56 bits per heavy atom. The van der Waals surface area contributed by atoms with Crippen LogP contribution in [0.4, 0.5) is 0 Å². The maximum atomic E-state index is 10.4. The molecule has 0 radical (unpaired) electrons. The number of aryl methyl sites for hydroxylation is 2. The molecule has 98 valence electrons. The van der Waals surface area contributed by atoms with Crippen molar-refractivity contribution in [1.82, 2.24) is 15.1 Å². The fourth-order valence-corrected chi connectivity index (χ4v) is 1.81. The maximum Gasteiger partial charge on any atom is 0.120 e. The summed E-state index contributed by atoms with van der Waals surface area (Å²) in [6.07, 6.45) is 5.17. The van der Waals surface area contributed by atoms with Gasteiger partial charge in [-0.15, -0.1) is 0 Å². The van der Waals surface area contributed by atoms with Gasteiger partial charge >= 0.3 is 0 Å². The van der Waals surface area contributed by atoms with Crippen molar-refractivity contribution in [2.24, 2.45) is 7.05 Å². The summed E-state index contributed by atoms with van der Waals surface area (Å²) in [5, 5.41) is 17.6. The topological polar surface area (TPSA) is 63.2 Å². The first-order chi connectivity index (χ1) is 8.49. The molecule has 18 heavy (non-hydrogen) atoms. The fourth-order valence-electron chi connectivity index (χ4n) is 1.81. The van der Waals surface area contributed by atoms with Gasteiger partial charge in [-0.05, 0) is 25.5 Å². The van der Waals surface area contributed by atoms with Crippen LogP contribution in [-0.2, 0) is 19.2 Å². The number of furan rings is 1. The summed E-state index contributed by atoms with van der Waals surface area (Å²) in [5.41, 5.74) is 0.978. The monoisotopic (exact) mass is 249 g/mol. The van der Waals surface area contributed by atoms with Crippen LogP contribution in [0.5, 0.6) is 0 Å². The van der Waals surface area contributed by atoms with Gasteiger partial charge < -0.3 is 14.8 Å². The number of aliphatic hydroxyl groups is 1. The second-order valence-corrected chi connectivity index (χ2v) is 4.81. The molecule has 0 aromatic carbocycles. The Balaban J connectivity index is 1.91. The molecule has 0 bridgehead atoms. The van der Waals surface area contributed by atoms with Crippen molar-refractivity contribution in [3.63, 3.8) is 0 Å². The van der Waals surface area contributed by atoms with Crippen LogP contribution in [0, 0.1) is 6.92 Å². The molecule has 5 heteroatoms. The molecule has 0 aliphatic carbocycles. The van der Waals surface area contributed by atoms with Gasteiger partial charge in [0, 0.05) is 25.4 Å². The van der Waals surface area contributed by atoms with E-state index in [0.29, 0.717) is 13.1 Å². The number of nitrogens with one attached hydrogen (secondary N) is 1. The molecule has 2 N–H and O–H groups in total. The summed E-state index contributed by atoms with van der Waals surface area (Å²) in [7, 11) is 1.83. The van der Waals surface area contributed by atoms with Gasteiger partial charge in [0.1, 0.15) is 11.4 Å². The number of hydrogen-bond donors (Lipinski definition) is 2. The smallest absolute Gasteiger partial charge is 0.120 e. The predicted molar refractivity (Wildman–Crippen MR) is 67.9 cm³/mol. The lowest BCUT2D eigenvalue weighted by Crippen LogP contribution is -2.34. The van der Waals surface area contributed by atoms with E-state index in [1.165, 1.54) is 0 Å². The molecule has 0 saturated heterocycles. The highest BCUT2D eigenvalue weighted by atomic mass is 16.3. The van der Waals surface area contributed by atoms with E-state index in [0.717, 1.165) is 16.9 Å². The van der Waals surface area contributed by atoms with Crippen LogP contribution in [0.1, 0.15) is 23.8 Å². The van der Waals surface area contributed by atoms with E-state index >= 15 is 0 Å². The van der Waals surface area contributed by atoms with E-state index in [1.54, 1.807) is 24.1 Å². The molecule has 1 atom stereocenters. The Labute approximate surface area is 106 Å². The molecule has 0 amide bonds. The van der Waals surface area contributed by atoms with Crippen molar-refractivity contribution < 1.29 is 9.52 Å². The minimum absolute atomic E-state index is 0.443. The van der Waals surface area contributed by atoms with Crippen molar-refractivity contribution in [3.8, 4) is 0 Å². The minimum atomic E-state index is -0.936. The van der Waals surface area contributed by atoms with E-state index in [1.807, 2.05) is 26.2 Å². The van der Waals surface area contributed by atoms with E-state index < -0.39 is 5.60 Å². The Bertz CT molecular complexity index is 514. The predicted octanol–water partition coefficient (Wildman–Crippen LogP) is 1.32. The van der Waals surface area contributed by atoms with Crippen LogP contribution in [0.3, 0.4) is 0 Å². The Morgan fingerprint density at radius 3 is 2.89 bits per heavy atom. The van der Waals surface area contributed by atoms with Gasteiger partial charge in [0.2, 0.25) is 0 Å². The molecule has 1 unspecified atom stereocenters. The van der Waals surface area contributed by atoms with Gasteiger partial charge in [0.15, 0.2) is 0 Å². The third-order valence-corrected chi connectivity index (χ3v) is 3.05. The molecule has 0 spiro atoms. The van der Waals surface area contributed by atoms with E-state index in [9.17, 15) is 5.11 Å². The summed E-state index contributed by atoms with van der Waals surface area (Å²) in [6.45, 7) is 4.82. The summed E-state index contributed by atoms with van der Waals surface area (Å²) in [6, 6.07) is 1.93. The van der Waals surface area contributed by atoms with Gasteiger partial charge in [-0.1, -0.05) is 0 Å². The number of hydrogen-bond acceptors (Lipinski definition) is 4. The molecule has 0 fully saturated rings. The average Bonchev–Trinajstić information content (AvgIpc) is 2.89. The fraction of sp³-hybridized carbons (Fsp3) is 0.462. The first-order valence-electron chi connectivity index (χ1n) is 5.94. The van der Waals surface area contributed by atoms with Crippen LogP contribution in [0.15, 0.2) is 29.1 Å². The Hall–Kier alpha value is -1.59. The quantitative estimate of drug-likeness (QED) is 0.839. The van der Waals surface area contributed by atoms with E-state index in [-0.39, 0.29) is 0 Å². The summed E-state index contributed by atoms with van der Waals surface area (Å²) >= 11 is 0. The molecule has 5 nitrogen and oxygen atoms in total. The zero-order chi connectivity index (χ0) is 13.2. The van der Waals surface area contributed by atoms with Crippen molar-refractivity contribution in [3.05, 3.63) is 41.6 Å². The van der Waals surface area contributed by atoms with Gasteiger partial charge in [-0.3, -0.25) is 4.68 Å². The van der Waals surface area contributed by atoms with Gasteiger partial charge in [0.25, 0.3) is 0 Å². The number of rotatable bonds is 5. The molecule has 0 saturated carbocycles. The molecule has 2 aromatic rings. The third kappa shape index (κ3) is 2.80. The third-order valence-electron chi connectivity index (χ3n) is 3.05. The zero-order valence-corrected chi connectivity index (χ0v) is 11.0. The second kappa shape index (κ2) is 4.96. The van der Waals surface area contributed by atoms with Crippen molar-refractivity contribution in [1.29, 1.82) is 0 Å². The first-order valence-corrected chi connectivity index (χ1v) is 5.94. The first kappa shape index (κ1) is 12.9. The van der Waals surface area contributed by atoms with Crippen LogP contribution in [0.25, 0.3) is 0 Å². The summed E-state index contributed by atoms with van der Waals surface area (Å²) in [4.78, 5) is 0. The maximum absolute atomic E-state index is 10.4. The lowest BCUT2D eigenvalue weighted by molar-refractivity contribution is 0.0561. The highest BCUT2D eigenvalue weighted by Gasteiger charge is 2.24. The van der Waals surface area contributed by atoms with Gasteiger partial charge in [0.05, 0.1) is 19.0 Å². The summed E-state index contributed by atoms with van der Waals surface area (Å²) in [5.74, 6) is 0.900. The van der Waals surface area contributed by atoms with Crippen LogP contribution < -0.4 is 5.32 Å². The molecule has 2 aromatic heterocycles. The highest BCUT2D eigenvalue weighted by molar-refractivity contribution is 5.16. The summed E-state index contributed by atoms with van der Waals surface area (Å²) < 4.78 is 7.01. The van der Waals surface area contributed by atoms with E-state index in [2.05, 4.69) is 10.4 Å².